The highest BCUT2D eigenvalue weighted by Gasteiger charge is 2.53. The van der Waals surface area contributed by atoms with Crippen LogP contribution in [0.15, 0.2) is 0 Å². The van der Waals surface area contributed by atoms with Crippen molar-refractivity contribution in [2.45, 2.75) is 57.7 Å². The molecule has 1 amide bonds. The van der Waals surface area contributed by atoms with Crippen LogP contribution in [0.25, 0.3) is 0 Å². The molecule has 0 aromatic rings. The number of amides is 1. The molecule has 2 N–H and O–H groups in total. The van der Waals surface area contributed by atoms with Gasteiger partial charge < -0.3 is 20.1 Å². The van der Waals surface area contributed by atoms with E-state index in [0.29, 0.717) is 26.1 Å². The average Bonchev–Trinajstić information content (AvgIpc) is 2.42. The fraction of sp³-hybridized carbons (Fsp3) is 0.933. The Kier molecular flexibility index (Phi) is 4.42. The van der Waals surface area contributed by atoms with Crippen molar-refractivity contribution in [2.24, 2.45) is 11.1 Å². The van der Waals surface area contributed by atoms with Crippen LogP contribution in [0, 0.1) is 5.41 Å². The molecule has 20 heavy (non-hydrogen) atoms. The largest absolute Gasteiger partial charge is 0.381 e. The van der Waals surface area contributed by atoms with Crippen LogP contribution in [-0.4, -0.2) is 55.4 Å². The molecule has 0 spiro atoms. The zero-order chi connectivity index (χ0) is 15.0. The van der Waals surface area contributed by atoms with Crippen molar-refractivity contribution < 1.29 is 14.3 Å². The Hall–Kier alpha value is -0.650. The lowest BCUT2D eigenvalue weighted by Crippen LogP contribution is -2.67. The molecule has 1 saturated heterocycles. The molecule has 0 aromatic carbocycles. The zero-order valence-corrected chi connectivity index (χ0v) is 13.1. The van der Waals surface area contributed by atoms with Crippen molar-refractivity contribution in [1.29, 1.82) is 0 Å². The Morgan fingerprint density at radius 1 is 1.40 bits per heavy atom. The molecule has 2 fully saturated rings. The molecular weight excluding hydrogens is 256 g/mol. The van der Waals surface area contributed by atoms with Crippen molar-refractivity contribution >= 4 is 5.91 Å². The van der Waals surface area contributed by atoms with Gasteiger partial charge in [-0.2, -0.15) is 0 Å². The SMILES string of the molecule is CCOC1CC(N(C)C(=O)C2(N)CCOCC2)C1(C)C. The van der Waals surface area contributed by atoms with Crippen LogP contribution < -0.4 is 5.73 Å². The van der Waals surface area contributed by atoms with Crippen LogP contribution in [0.1, 0.15) is 40.0 Å². The fourth-order valence-electron chi connectivity index (χ4n) is 3.45. The number of ether oxygens (including phenoxy) is 2. The van der Waals surface area contributed by atoms with Crippen LogP contribution in [-0.2, 0) is 14.3 Å². The quantitative estimate of drug-likeness (QED) is 0.841. The second-order valence-corrected chi connectivity index (χ2v) is 6.70. The van der Waals surface area contributed by atoms with Gasteiger partial charge in [-0.1, -0.05) is 13.8 Å². The number of carbonyl (C=O) groups excluding carboxylic acids is 1. The summed E-state index contributed by atoms with van der Waals surface area (Å²) >= 11 is 0. The minimum Gasteiger partial charge on any atom is -0.381 e. The monoisotopic (exact) mass is 284 g/mol. The molecule has 0 radical (unpaired) electrons. The van der Waals surface area contributed by atoms with Gasteiger partial charge >= 0.3 is 0 Å². The van der Waals surface area contributed by atoms with Crippen LogP contribution in [0.3, 0.4) is 0 Å². The molecule has 2 atom stereocenters. The Balaban J connectivity index is 2.01. The number of nitrogens with two attached hydrogens (primary N) is 1. The van der Waals surface area contributed by atoms with Gasteiger partial charge in [-0.25, -0.2) is 0 Å². The first-order valence-corrected chi connectivity index (χ1v) is 7.58. The van der Waals surface area contributed by atoms with E-state index < -0.39 is 5.54 Å². The smallest absolute Gasteiger partial charge is 0.242 e. The van der Waals surface area contributed by atoms with E-state index in [4.69, 9.17) is 15.2 Å². The molecule has 116 valence electrons. The Morgan fingerprint density at radius 3 is 2.50 bits per heavy atom. The minimum atomic E-state index is -0.750. The van der Waals surface area contributed by atoms with Gasteiger partial charge in [0.15, 0.2) is 0 Å². The summed E-state index contributed by atoms with van der Waals surface area (Å²) in [6.07, 6.45) is 2.35. The van der Waals surface area contributed by atoms with Gasteiger partial charge in [-0.05, 0) is 26.2 Å². The fourth-order valence-corrected chi connectivity index (χ4v) is 3.45. The van der Waals surface area contributed by atoms with Crippen LogP contribution in [0.5, 0.6) is 0 Å². The maximum atomic E-state index is 12.7. The van der Waals surface area contributed by atoms with Crippen molar-refractivity contribution in [3.8, 4) is 0 Å². The summed E-state index contributed by atoms with van der Waals surface area (Å²) in [5.41, 5.74) is 5.54. The third-order valence-electron chi connectivity index (χ3n) is 5.09. The van der Waals surface area contributed by atoms with E-state index in [-0.39, 0.29) is 23.5 Å². The topological polar surface area (TPSA) is 64.8 Å². The van der Waals surface area contributed by atoms with E-state index in [1.165, 1.54) is 0 Å². The predicted molar refractivity (Wildman–Crippen MR) is 77.3 cm³/mol. The third-order valence-corrected chi connectivity index (χ3v) is 5.09. The molecule has 2 rings (SSSR count). The number of hydrogen-bond acceptors (Lipinski definition) is 4. The third kappa shape index (κ3) is 2.59. The van der Waals surface area contributed by atoms with Crippen molar-refractivity contribution in [1.82, 2.24) is 4.90 Å². The minimum absolute atomic E-state index is 0.0120. The molecule has 2 unspecified atom stereocenters. The standard InChI is InChI=1S/C15H28N2O3/c1-5-20-12-10-11(14(12,2)3)17(4)13(18)15(16)6-8-19-9-7-15/h11-12H,5-10,16H2,1-4H3. The highest BCUT2D eigenvalue weighted by molar-refractivity contribution is 5.86. The molecule has 2 aliphatic rings. The first-order chi connectivity index (χ1) is 9.33. The van der Waals surface area contributed by atoms with E-state index in [0.717, 1.165) is 13.0 Å². The van der Waals surface area contributed by atoms with E-state index in [1.807, 2.05) is 18.9 Å². The normalized spacial score (nSPS) is 31.4. The molecule has 0 aromatic heterocycles. The zero-order valence-electron chi connectivity index (χ0n) is 13.1. The van der Waals surface area contributed by atoms with Gasteiger partial charge in [-0.3, -0.25) is 4.79 Å². The average molecular weight is 284 g/mol. The summed E-state index contributed by atoms with van der Waals surface area (Å²) in [7, 11) is 1.88. The Labute approximate surface area is 121 Å². The van der Waals surface area contributed by atoms with E-state index in [1.54, 1.807) is 0 Å². The lowest BCUT2D eigenvalue weighted by molar-refractivity contribution is -0.169. The Morgan fingerprint density at radius 2 is 2.00 bits per heavy atom. The number of nitrogens with zero attached hydrogens (tertiary/aromatic N) is 1. The summed E-state index contributed by atoms with van der Waals surface area (Å²) in [5.74, 6) is 0.0498. The maximum Gasteiger partial charge on any atom is 0.242 e. The van der Waals surface area contributed by atoms with E-state index in [9.17, 15) is 4.79 Å². The molecule has 1 saturated carbocycles. The van der Waals surface area contributed by atoms with Crippen molar-refractivity contribution in [3.63, 3.8) is 0 Å². The van der Waals surface area contributed by atoms with Crippen molar-refractivity contribution in [2.75, 3.05) is 26.9 Å². The van der Waals surface area contributed by atoms with Gasteiger partial charge in [0, 0.05) is 38.3 Å². The van der Waals surface area contributed by atoms with Crippen LogP contribution in [0.2, 0.25) is 0 Å². The lowest BCUT2D eigenvalue weighted by atomic mass is 9.63. The highest BCUT2D eigenvalue weighted by Crippen LogP contribution is 2.46. The maximum absolute atomic E-state index is 12.7. The molecule has 1 heterocycles. The molecule has 1 aliphatic carbocycles. The molecule has 1 aliphatic heterocycles. The highest BCUT2D eigenvalue weighted by atomic mass is 16.5. The van der Waals surface area contributed by atoms with Gasteiger partial charge in [0.2, 0.25) is 5.91 Å². The Bertz CT molecular complexity index is 364. The first kappa shape index (κ1) is 15.7. The number of rotatable bonds is 4. The van der Waals surface area contributed by atoms with Gasteiger partial charge in [-0.15, -0.1) is 0 Å². The molecule has 5 heteroatoms. The summed E-state index contributed by atoms with van der Waals surface area (Å²) in [6.45, 7) is 8.21. The molecule has 0 bridgehead atoms. The van der Waals surface area contributed by atoms with Crippen molar-refractivity contribution in [3.05, 3.63) is 0 Å². The second kappa shape index (κ2) is 5.62. The number of hydrogen-bond donors (Lipinski definition) is 1. The number of carbonyl (C=O) groups is 1. The predicted octanol–water partition coefficient (Wildman–Crippen LogP) is 1.16. The van der Waals surface area contributed by atoms with E-state index in [2.05, 4.69) is 13.8 Å². The summed E-state index contributed by atoms with van der Waals surface area (Å²) in [4.78, 5) is 14.6. The molecule has 5 nitrogen and oxygen atoms in total. The summed E-state index contributed by atoms with van der Waals surface area (Å²) in [6, 6.07) is 0.204. The molecular formula is C15H28N2O3. The summed E-state index contributed by atoms with van der Waals surface area (Å²) < 4.78 is 11.0. The lowest BCUT2D eigenvalue weighted by Gasteiger charge is -2.56. The van der Waals surface area contributed by atoms with Gasteiger partial charge in [0.25, 0.3) is 0 Å². The van der Waals surface area contributed by atoms with Crippen LogP contribution >= 0.6 is 0 Å². The number of likely N-dealkylation sites (N-methyl/N-ethyl adjacent to an activating group) is 1. The van der Waals surface area contributed by atoms with Gasteiger partial charge in [0.1, 0.15) is 0 Å². The second-order valence-electron chi connectivity index (χ2n) is 6.70. The van der Waals surface area contributed by atoms with Gasteiger partial charge in [0.05, 0.1) is 11.6 Å². The van der Waals surface area contributed by atoms with E-state index >= 15 is 0 Å². The summed E-state index contributed by atoms with van der Waals surface area (Å²) in [5, 5.41) is 0. The van der Waals surface area contributed by atoms with Crippen LogP contribution in [0.4, 0.5) is 0 Å². The first-order valence-electron chi connectivity index (χ1n) is 7.58.